The SMILES string of the molecule is C=CCCC1CCC(CCC2CCC(CCCCCCCC)CC2)OC1=O. The number of carbonyl (C=O) groups is 1. The second-order valence-corrected chi connectivity index (χ2v) is 9.22. The fourth-order valence-electron chi connectivity index (χ4n) is 5.05. The molecule has 2 aliphatic rings. The van der Waals surface area contributed by atoms with Gasteiger partial charge in [-0.05, 0) is 50.4 Å². The molecule has 1 heterocycles. The van der Waals surface area contributed by atoms with Gasteiger partial charge >= 0.3 is 5.97 Å². The largest absolute Gasteiger partial charge is 0.462 e. The first-order chi connectivity index (χ1) is 13.2. The van der Waals surface area contributed by atoms with Crippen LogP contribution in [-0.2, 0) is 9.53 Å². The topological polar surface area (TPSA) is 26.3 Å². The molecule has 2 unspecified atom stereocenters. The van der Waals surface area contributed by atoms with Gasteiger partial charge in [-0.15, -0.1) is 6.58 Å². The maximum absolute atomic E-state index is 12.1. The van der Waals surface area contributed by atoms with Crippen molar-refractivity contribution in [1.82, 2.24) is 0 Å². The summed E-state index contributed by atoms with van der Waals surface area (Å²) < 4.78 is 5.73. The van der Waals surface area contributed by atoms with Gasteiger partial charge in [-0.25, -0.2) is 0 Å². The third-order valence-corrected chi connectivity index (χ3v) is 7.00. The number of cyclic esters (lactones) is 1. The first kappa shape index (κ1) is 22.5. The summed E-state index contributed by atoms with van der Waals surface area (Å²) in [6.07, 6.45) is 24.1. The van der Waals surface area contributed by atoms with E-state index in [2.05, 4.69) is 13.5 Å². The molecule has 0 aromatic carbocycles. The van der Waals surface area contributed by atoms with Crippen LogP contribution in [0.15, 0.2) is 12.7 Å². The second kappa shape index (κ2) is 13.4. The molecule has 1 saturated heterocycles. The molecule has 0 bridgehead atoms. The molecule has 0 aromatic heterocycles. The van der Waals surface area contributed by atoms with Gasteiger partial charge in [-0.2, -0.15) is 0 Å². The lowest BCUT2D eigenvalue weighted by molar-refractivity contribution is -0.161. The minimum absolute atomic E-state index is 0.0516. The molecule has 0 N–H and O–H groups in total. The van der Waals surface area contributed by atoms with E-state index >= 15 is 0 Å². The standard InChI is InChI=1S/C25H44O2/c1-3-5-7-8-9-10-11-21-13-15-22(16-14-21)17-19-24-20-18-23(12-6-4-2)25(26)27-24/h4,21-24H,2-3,5-20H2,1H3. The Bertz CT molecular complexity index is 409. The molecular formula is C25H44O2. The Morgan fingerprint density at radius 1 is 0.852 bits per heavy atom. The minimum Gasteiger partial charge on any atom is -0.462 e. The molecule has 0 amide bonds. The lowest BCUT2D eigenvalue weighted by Crippen LogP contribution is -2.31. The third kappa shape index (κ3) is 8.83. The lowest BCUT2D eigenvalue weighted by Gasteiger charge is -2.31. The second-order valence-electron chi connectivity index (χ2n) is 9.22. The van der Waals surface area contributed by atoms with Crippen LogP contribution >= 0.6 is 0 Å². The van der Waals surface area contributed by atoms with E-state index in [4.69, 9.17) is 4.74 Å². The molecule has 2 atom stereocenters. The Balaban J connectivity index is 1.51. The zero-order valence-electron chi connectivity index (χ0n) is 17.9. The predicted octanol–water partition coefficient (Wildman–Crippen LogP) is 7.61. The third-order valence-electron chi connectivity index (χ3n) is 7.00. The van der Waals surface area contributed by atoms with Gasteiger partial charge in [0.15, 0.2) is 0 Å². The number of hydrogen-bond donors (Lipinski definition) is 0. The van der Waals surface area contributed by atoms with E-state index in [0.29, 0.717) is 0 Å². The zero-order valence-corrected chi connectivity index (χ0v) is 17.9. The molecule has 27 heavy (non-hydrogen) atoms. The Morgan fingerprint density at radius 2 is 1.52 bits per heavy atom. The van der Waals surface area contributed by atoms with Gasteiger partial charge in [0.05, 0.1) is 5.92 Å². The summed E-state index contributed by atoms with van der Waals surface area (Å²) in [4.78, 5) is 12.1. The summed E-state index contributed by atoms with van der Waals surface area (Å²) >= 11 is 0. The van der Waals surface area contributed by atoms with E-state index in [1.54, 1.807) is 0 Å². The van der Waals surface area contributed by atoms with Crippen LogP contribution in [0, 0.1) is 17.8 Å². The molecule has 1 saturated carbocycles. The van der Waals surface area contributed by atoms with Crippen LogP contribution in [0.25, 0.3) is 0 Å². The number of esters is 1. The van der Waals surface area contributed by atoms with Gasteiger partial charge in [0.1, 0.15) is 6.10 Å². The van der Waals surface area contributed by atoms with E-state index < -0.39 is 0 Å². The van der Waals surface area contributed by atoms with E-state index in [1.165, 1.54) is 77.0 Å². The van der Waals surface area contributed by atoms with E-state index in [9.17, 15) is 4.79 Å². The highest BCUT2D eigenvalue weighted by atomic mass is 16.5. The van der Waals surface area contributed by atoms with Crippen molar-refractivity contribution >= 4 is 5.97 Å². The molecule has 1 aliphatic heterocycles. The Morgan fingerprint density at radius 3 is 2.19 bits per heavy atom. The molecule has 2 rings (SSSR count). The van der Waals surface area contributed by atoms with Crippen molar-refractivity contribution in [2.24, 2.45) is 17.8 Å². The molecule has 2 heteroatoms. The molecule has 1 aliphatic carbocycles. The van der Waals surface area contributed by atoms with Crippen LogP contribution in [0.5, 0.6) is 0 Å². The fourth-order valence-corrected chi connectivity index (χ4v) is 5.05. The highest BCUT2D eigenvalue weighted by Crippen LogP contribution is 2.36. The van der Waals surface area contributed by atoms with Crippen molar-refractivity contribution in [3.8, 4) is 0 Å². The van der Waals surface area contributed by atoms with Crippen LogP contribution < -0.4 is 0 Å². The van der Waals surface area contributed by atoms with E-state index in [1.807, 2.05) is 6.08 Å². The van der Waals surface area contributed by atoms with Crippen LogP contribution in [0.2, 0.25) is 0 Å². The van der Waals surface area contributed by atoms with Gasteiger partial charge < -0.3 is 4.74 Å². The summed E-state index contributed by atoms with van der Waals surface area (Å²) in [5, 5.41) is 0. The van der Waals surface area contributed by atoms with Gasteiger partial charge in [0, 0.05) is 0 Å². The number of hydrogen-bond acceptors (Lipinski definition) is 2. The van der Waals surface area contributed by atoms with Crippen LogP contribution in [0.3, 0.4) is 0 Å². The number of ether oxygens (including phenoxy) is 1. The summed E-state index contributed by atoms with van der Waals surface area (Å²) in [5.74, 6) is 2.04. The maximum atomic E-state index is 12.1. The molecule has 2 nitrogen and oxygen atoms in total. The first-order valence-corrected chi connectivity index (χ1v) is 12.0. The maximum Gasteiger partial charge on any atom is 0.309 e. The van der Waals surface area contributed by atoms with E-state index in [-0.39, 0.29) is 18.0 Å². The fraction of sp³-hybridized carbons (Fsp3) is 0.880. The summed E-state index contributed by atoms with van der Waals surface area (Å²) in [5.41, 5.74) is 0. The monoisotopic (exact) mass is 376 g/mol. The first-order valence-electron chi connectivity index (χ1n) is 12.0. The number of rotatable bonds is 13. The average Bonchev–Trinajstić information content (AvgIpc) is 2.69. The van der Waals surface area contributed by atoms with E-state index in [0.717, 1.165) is 43.9 Å². The Labute approximate surface area is 168 Å². The average molecular weight is 377 g/mol. The minimum atomic E-state index is 0.0516. The predicted molar refractivity (Wildman–Crippen MR) is 115 cm³/mol. The molecule has 2 fully saturated rings. The van der Waals surface area contributed by atoms with Gasteiger partial charge in [-0.1, -0.05) is 83.6 Å². The summed E-state index contributed by atoms with van der Waals surface area (Å²) in [7, 11) is 0. The molecule has 156 valence electrons. The van der Waals surface area contributed by atoms with Crippen molar-refractivity contribution < 1.29 is 9.53 Å². The van der Waals surface area contributed by atoms with Gasteiger partial charge in [-0.3, -0.25) is 4.79 Å². The summed E-state index contributed by atoms with van der Waals surface area (Å²) in [6.45, 7) is 6.04. The molecular weight excluding hydrogens is 332 g/mol. The normalized spacial score (nSPS) is 28.7. The number of carbonyl (C=O) groups excluding carboxylic acids is 1. The molecule has 0 aromatic rings. The molecule has 0 spiro atoms. The van der Waals surface area contributed by atoms with Crippen molar-refractivity contribution in [2.75, 3.05) is 0 Å². The smallest absolute Gasteiger partial charge is 0.309 e. The van der Waals surface area contributed by atoms with Crippen molar-refractivity contribution in [3.63, 3.8) is 0 Å². The highest BCUT2D eigenvalue weighted by molar-refractivity contribution is 5.73. The van der Waals surface area contributed by atoms with Crippen LogP contribution in [0.1, 0.15) is 116 Å². The van der Waals surface area contributed by atoms with Crippen molar-refractivity contribution in [3.05, 3.63) is 12.7 Å². The van der Waals surface area contributed by atoms with Crippen molar-refractivity contribution in [2.45, 2.75) is 122 Å². The van der Waals surface area contributed by atoms with Crippen LogP contribution in [-0.4, -0.2) is 12.1 Å². The Hall–Kier alpha value is -0.790. The quantitative estimate of drug-likeness (QED) is 0.188. The van der Waals surface area contributed by atoms with Crippen molar-refractivity contribution in [1.29, 1.82) is 0 Å². The Kier molecular flexibility index (Phi) is 11.2. The highest BCUT2D eigenvalue weighted by Gasteiger charge is 2.30. The van der Waals surface area contributed by atoms with Crippen LogP contribution in [0.4, 0.5) is 0 Å². The summed E-state index contributed by atoms with van der Waals surface area (Å²) in [6, 6.07) is 0. The number of unbranched alkanes of at least 4 members (excludes halogenated alkanes) is 5. The lowest BCUT2D eigenvalue weighted by atomic mass is 9.77. The zero-order chi connectivity index (χ0) is 19.3. The molecule has 0 radical (unpaired) electrons. The number of allylic oxidation sites excluding steroid dienone is 1. The van der Waals surface area contributed by atoms with Gasteiger partial charge in [0.25, 0.3) is 0 Å². The van der Waals surface area contributed by atoms with Gasteiger partial charge in [0.2, 0.25) is 0 Å².